The van der Waals surface area contributed by atoms with E-state index in [0.29, 0.717) is 16.7 Å². The Labute approximate surface area is 108 Å². The van der Waals surface area contributed by atoms with Gasteiger partial charge in [-0.1, -0.05) is 19.9 Å². The first-order chi connectivity index (χ1) is 7.46. The fourth-order valence-electron chi connectivity index (χ4n) is 1.56. The van der Waals surface area contributed by atoms with Crippen LogP contribution in [0.1, 0.15) is 38.6 Å². The first-order valence-corrected chi connectivity index (χ1v) is 7.88. The Hall–Kier alpha value is 0.01000. The zero-order chi connectivity index (χ0) is 12.2. The lowest BCUT2D eigenvalue weighted by Crippen LogP contribution is -2.36. The van der Waals surface area contributed by atoms with Crippen molar-refractivity contribution in [3.8, 4) is 0 Å². The van der Waals surface area contributed by atoms with Gasteiger partial charge >= 0.3 is 0 Å². The molecule has 1 aromatic rings. The number of thiophene rings is 1. The molecule has 0 amide bonds. The van der Waals surface area contributed by atoms with Crippen molar-refractivity contribution in [1.82, 2.24) is 5.32 Å². The minimum Gasteiger partial charge on any atom is -0.308 e. The second kappa shape index (κ2) is 6.08. The highest BCUT2D eigenvalue weighted by Crippen LogP contribution is 2.27. The van der Waals surface area contributed by atoms with E-state index in [9.17, 15) is 0 Å². The van der Waals surface area contributed by atoms with Gasteiger partial charge in [-0.15, -0.1) is 11.3 Å². The minimum atomic E-state index is 0.310. The van der Waals surface area contributed by atoms with Gasteiger partial charge in [-0.3, -0.25) is 0 Å². The second-order valence-electron chi connectivity index (χ2n) is 5.08. The van der Waals surface area contributed by atoms with Crippen molar-refractivity contribution in [2.75, 3.05) is 12.8 Å². The normalized spacial score (nSPS) is 14.4. The monoisotopic (exact) mass is 257 g/mol. The van der Waals surface area contributed by atoms with E-state index in [2.05, 4.69) is 56.8 Å². The molecule has 0 saturated heterocycles. The molecule has 92 valence electrons. The Kier molecular flexibility index (Phi) is 5.35. The van der Waals surface area contributed by atoms with Crippen LogP contribution < -0.4 is 5.32 Å². The number of hydrogen-bond acceptors (Lipinski definition) is 3. The molecular formula is C13H23NS2. The van der Waals surface area contributed by atoms with E-state index in [4.69, 9.17) is 0 Å². The van der Waals surface area contributed by atoms with Gasteiger partial charge in [-0.25, -0.2) is 0 Å². The Balaban J connectivity index is 2.60. The van der Waals surface area contributed by atoms with Crippen LogP contribution >= 0.6 is 23.1 Å². The van der Waals surface area contributed by atoms with Gasteiger partial charge in [0, 0.05) is 22.2 Å². The average molecular weight is 257 g/mol. The SMILES string of the molecule is CSC(C)(C)CNC(c1cccs1)C(C)C. The van der Waals surface area contributed by atoms with Crippen LogP contribution in [0.2, 0.25) is 0 Å². The lowest BCUT2D eigenvalue weighted by Gasteiger charge is -2.28. The van der Waals surface area contributed by atoms with Gasteiger partial charge in [-0.05, 0) is 37.5 Å². The molecule has 1 nitrogen and oxygen atoms in total. The van der Waals surface area contributed by atoms with Crippen LogP contribution in [0.3, 0.4) is 0 Å². The Morgan fingerprint density at radius 3 is 2.56 bits per heavy atom. The van der Waals surface area contributed by atoms with Crippen LogP contribution in [0, 0.1) is 5.92 Å². The first kappa shape index (κ1) is 14.1. The minimum absolute atomic E-state index is 0.310. The van der Waals surface area contributed by atoms with Crippen LogP contribution in [0.4, 0.5) is 0 Å². The molecule has 0 fully saturated rings. The fourth-order valence-corrected chi connectivity index (χ4v) is 2.76. The van der Waals surface area contributed by atoms with Gasteiger partial charge in [0.05, 0.1) is 0 Å². The van der Waals surface area contributed by atoms with Crippen molar-refractivity contribution in [1.29, 1.82) is 0 Å². The number of thioether (sulfide) groups is 1. The van der Waals surface area contributed by atoms with Crippen molar-refractivity contribution in [2.24, 2.45) is 5.92 Å². The first-order valence-electron chi connectivity index (χ1n) is 5.78. The molecule has 0 aromatic carbocycles. The molecule has 1 atom stereocenters. The molecule has 1 heterocycles. The van der Waals surface area contributed by atoms with Crippen LogP contribution in [0.25, 0.3) is 0 Å². The zero-order valence-electron chi connectivity index (χ0n) is 10.9. The molecule has 0 aliphatic rings. The summed E-state index contributed by atoms with van der Waals surface area (Å²) in [6.45, 7) is 10.2. The lowest BCUT2D eigenvalue weighted by molar-refractivity contribution is 0.403. The topological polar surface area (TPSA) is 12.0 Å². The molecule has 0 saturated carbocycles. The van der Waals surface area contributed by atoms with Gasteiger partial charge in [0.2, 0.25) is 0 Å². The van der Waals surface area contributed by atoms with Gasteiger partial charge in [0.15, 0.2) is 0 Å². The smallest absolute Gasteiger partial charge is 0.0438 e. The average Bonchev–Trinajstić information content (AvgIpc) is 2.71. The van der Waals surface area contributed by atoms with Crippen molar-refractivity contribution < 1.29 is 0 Å². The predicted octanol–water partition coefficient (Wildman–Crippen LogP) is 4.18. The second-order valence-corrected chi connectivity index (χ2v) is 7.57. The Morgan fingerprint density at radius 2 is 2.12 bits per heavy atom. The van der Waals surface area contributed by atoms with Crippen molar-refractivity contribution in [3.63, 3.8) is 0 Å². The molecule has 1 rings (SSSR count). The third-order valence-corrected chi connectivity index (χ3v) is 5.02. The summed E-state index contributed by atoms with van der Waals surface area (Å²) in [7, 11) is 0. The van der Waals surface area contributed by atoms with Gasteiger partial charge in [0.1, 0.15) is 0 Å². The highest BCUT2D eigenvalue weighted by molar-refractivity contribution is 7.99. The number of nitrogens with one attached hydrogen (secondary N) is 1. The quantitative estimate of drug-likeness (QED) is 0.820. The van der Waals surface area contributed by atoms with E-state index < -0.39 is 0 Å². The third-order valence-electron chi connectivity index (χ3n) is 2.82. The van der Waals surface area contributed by atoms with Crippen molar-refractivity contribution >= 4 is 23.1 Å². The number of hydrogen-bond donors (Lipinski definition) is 1. The molecule has 1 N–H and O–H groups in total. The van der Waals surface area contributed by atoms with Gasteiger partial charge < -0.3 is 5.32 Å². The zero-order valence-corrected chi connectivity index (χ0v) is 12.5. The summed E-state index contributed by atoms with van der Waals surface area (Å²) < 4.78 is 0.310. The van der Waals surface area contributed by atoms with Crippen LogP contribution in [-0.2, 0) is 0 Å². The highest BCUT2D eigenvalue weighted by Gasteiger charge is 2.21. The molecule has 16 heavy (non-hydrogen) atoms. The van der Waals surface area contributed by atoms with Crippen LogP contribution in [0.15, 0.2) is 17.5 Å². The van der Waals surface area contributed by atoms with E-state index in [-0.39, 0.29) is 0 Å². The van der Waals surface area contributed by atoms with Crippen LogP contribution in [0.5, 0.6) is 0 Å². The summed E-state index contributed by atoms with van der Waals surface area (Å²) in [5, 5.41) is 5.86. The molecule has 0 spiro atoms. The third kappa shape index (κ3) is 4.11. The maximum absolute atomic E-state index is 3.70. The lowest BCUT2D eigenvalue weighted by atomic mass is 10.0. The van der Waals surface area contributed by atoms with E-state index in [1.807, 2.05) is 23.1 Å². The summed E-state index contributed by atoms with van der Waals surface area (Å²) in [6, 6.07) is 4.86. The van der Waals surface area contributed by atoms with Gasteiger partial charge in [-0.2, -0.15) is 11.8 Å². The molecule has 3 heteroatoms. The molecule has 1 aromatic heterocycles. The maximum atomic E-state index is 3.70. The van der Waals surface area contributed by atoms with Crippen LogP contribution in [-0.4, -0.2) is 17.5 Å². The van der Waals surface area contributed by atoms with E-state index in [0.717, 1.165) is 6.54 Å². The predicted molar refractivity (Wildman–Crippen MR) is 77.5 cm³/mol. The van der Waals surface area contributed by atoms with Crippen molar-refractivity contribution in [3.05, 3.63) is 22.4 Å². The molecular weight excluding hydrogens is 234 g/mol. The highest BCUT2D eigenvalue weighted by atomic mass is 32.2. The summed E-state index contributed by atoms with van der Waals surface area (Å²) in [6.07, 6.45) is 2.18. The van der Waals surface area contributed by atoms with Crippen molar-refractivity contribution in [2.45, 2.75) is 38.5 Å². The molecule has 0 bridgehead atoms. The molecule has 1 unspecified atom stereocenters. The fraction of sp³-hybridized carbons (Fsp3) is 0.692. The summed E-state index contributed by atoms with van der Waals surface area (Å²) >= 11 is 3.77. The summed E-state index contributed by atoms with van der Waals surface area (Å²) in [5.41, 5.74) is 0. The maximum Gasteiger partial charge on any atom is 0.0438 e. The largest absolute Gasteiger partial charge is 0.308 e. The molecule has 0 aliphatic carbocycles. The van der Waals surface area contributed by atoms with E-state index >= 15 is 0 Å². The van der Waals surface area contributed by atoms with E-state index in [1.54, 1.807) is 0 Å². The van der Waals surface area contributed by atoms with E-state index in [1.165, 1.54) is 4.88 Å². The Bertz CT molecular complexity index is 291. The van der Waals surface area contributed by atoms with Gasteiger partial charge in [0.25, 0.3) is 0 Å². The number of rotatable bonds is 6. The Morgan fingerprint density at radius 1 is 1.44 bits per heavy atom. The molecule has 0 radical (unpaired) electrons. The summed E-state index contributed by atoms with van der Waals surface area (Å²) in [4.78, 5) is 1.45. The standard InChI is InChI=1S/C13H23NS2/c1-10(2)12(11-7-6-8-16-11)14-9-13(3,4)15-5/h6-8,10,12,14H,9H2,1-5H3. The molecule has 0 aliphatic heterocycles. The summed E-state index contributed by atoms with van der Waals surface area (Å²) in [5.74, 6) is 0.635.